The molecule has 5 nitrogen and oxygen atoms in total. The van der Waals surface area contributed by atoms with E-state index in [0.717, 1.165) is 64.7 Å². The van der Waals surface area contributed by atoms with Crippen LogP contribution in [0.4, 0.5) is 0 Å². The van der Waals surface area contributed by atoms with Crippen molar-refractivity contribution < 1.29 is 9.47 Å². The van der Waals surface area contributed by atoms with Crippen LogP contribution in [0, 0.1) is 5.41 Å². The minimum Gasteiger partial charge on any atom is -0.381 e. The first-order valence-electron chi connectivity index (χ1n) is 9.49. The van der Waals surface area contributed by atoms with Crippen LogP contribution in [0.3, 0.4) is 0 Å². The molecule has 0 amide bonds. The summed E-state index contributed by atoms with van der Waals surface area (Å²) in [4.78, 5) is 4.80. The standard InChI is InChI=1S/C18H35N3O2.HI/c1-3-18(9-5-10-18)15-21-17(19-4-2)20-11-6-12-23-16-7-13-22-14-8-16;/h16H,3-15H2,1-2H3,(H2,19,20,21);1H. The fourth-order valence-corrected chi connectivity index (χ4v) is 3.26. The molecule has 0 aromatic carbocycles. The zero-order valence-electron chi connectivity index (χ0n) is 15.4. The first kappa shape index (κ1) is 22.0. The molecule has 1 saturated heterocycles. The smallest absolute Gasteiger partial charge is 0.191 e. The van der Waals surface area contributed by atoms with Crippen LogP contribution in [-0.4, -0.2) is 51.5 Å². The van der Waals surface area contributed by atoms with Gasteiger partial charge in [0, 0.05) is 39.5 Å². The molecule has 2 rings (SSSR count). The van der Waals surface area contributed by atoms with Gasteiger partial charge in [-0.05, 0) is 50.9 Å². The summed E-state index contributed by atoms with van der Waals surface area (Å²) < 4.78 is 11.2. The van der Waals surface area contributed by atoms with E-state index in [2.05, 4.69) is 24.5 Å². The molecule has 1 aliphatic heterocycles. The second kappa shape index (κ2) is 12.3. The molecule has 142 valence electrons. The molecule has 0 atom stereocenters. The molecule has 1 saturated carbocycles. The van der Waals surface area contributed by atoms with Gasteiger partial charge in [-0.1, -0.05) is 13.3 Å². The summed E-state index contributed by atoms with van der Waals surface area (Å²) in [5.41, 5.74) is 0.481. The molecule has 2 fully saturated rings. The van der Waals surface area contributed by atoms with Crippen molar-refractivity contribution in [3.63, 3.8) is 0 Å². The van der Waals surface area contributed by atoms with Gasteiger partial charge in [0.25, 0.3) is 0 Å². The van der Waals surface area contributed by atoms with Gasteiger partial charge in [-0.2, -0.15) is 0 Å². The molecule has 0 radical (unpaired) electrons. The molecule has 2 N–H and O–H groups in total. The van der Waals surface area contributed by atoms with Crippen molar-refractivity contribution in [3.8, 4) is 0 Å². The van der Waals surface area contributed by atoms with Gasteiger partial charge in [-0.15, -0.1) is 24.0 Å². The minimum absolute atomic E-state index is 0. The van der Waals surface area contributed by atoms with Crippen LogP contribution in [0.15, 0.2) is 4.99 Å². The summed E-state index contributed by atoms with van der Waals surface area (Å²) in [6, 6.07) is 0. The van der Waals surface area contributed by atoms with Crippen molar-refractivity contribution in [2.24, 2.45) is 10.4 Å². The average molecular weight is 453 g/mol. The largest absolute Gasteiger partial charge is 0.381 e. The second-order valence-corrected chi connectivity index (χ2v) is 6.87. The van der Waals surface area contributed by atoms with Crippen LogP contribution in [0.5, 0.6) is 0 Å². The van der Waals surface area contributed by atoms with Crippen LogP contribution >= 0.6 is 24.0 Å². The Bertz CT molecular complexity index is 351. The van der Waals surface area contributed by atoms with Gasteiger partial charge >= 0.3 is 0 Å². The van der Waals surface area contributed by atoms with E-state index in [4.69, 9.17) is 14.5 Å². The van der Waals surface area contributed by atoms with E-state index in [1.54, 1.807) is 0 Å². The highest BCUT2D eigenvalue weighted by molar-refractivity contribution is 14.0. The third-order valence-electron chi connectivity index (χ3n) is 5.22. The normalized spacial score (nSPS) is 20.8. The molecule has 0 aromatic heterocycles. The average Bonchev–Trinajstić information content (AvgIpc) is 2.54. The van der Waals surface area contributed by atoms with E-state index < -0.39 is 0 Å². The maximum absolute atomic E-state index is 5.90. The summed E-state index contributed by atoms with van der Waals surface area (Å²) >= 11 is 0. The number of ether oxygens (including phenoxy) is 2. The van der Waals surface area contributed by atoms with Gasteiger partial charge in [-0.3, -0.25) is 4.99 Å². The fourth-order valence-electron chi connectivity index (χ4n) is 3.26. The number of guanidine groups is 1. The van der Waals surface area contributed by atoms with Crippen molar-refractivity contribution in [1.82, 2.24) is 10.6 Å². The van der Waals surface area contributed by atoms with Crippen LogP contribution in [0.25, 0.3) is 0 Å². The summed E-state index contributed by atoms with van der Waals surface area (Å²) in [5, 5.41) is 6.79. The molecular weight excluding hydrogens is 417 g/mol. The Morgan fingerprint density at radius 3 is 2.54 bits per heavy atom. The molecule has 1 aliphatic carbocycles. The van der Waals surface area contributed by atoms with E-state index in [9.17, 15) is 0 Å². The number of hydrogen-bond acceptors (Lipinski definition) is 3. The predicted octanol–water partition coefficient (Wildman–Crippen LogP) is 3.33. The first-order chi connectivity index (χ1) is 11.3. The van der Waals surface area contributed by atoms with Crippen LogP contribution < -0.4 is 10.6 Å². The Morgan fingerprint density at radius 2 is 1.96 bits per heavy atom. The van der Waals surface area contributed by atoms with E-state index in [1.807, 2.05) is 0 Å². The quantitative estimate of drug-likeness (QED) is 0.244. The topological polar surface area (TPSA) is 54.9 Å². The number of nitrogens with one attached hydrogen (secondary N) is 2. The molecule has 0 spiro atoms. The molecular formula is C18H36IN3O2. The van der Waals surface area contributed by atoms with Crippen molar-refractivity contribution >= 4 is 29.9 Å². The van der Waals surface area contributed by atoms with Crippen molar-refractivity contribution in [1.29, 1.82) is 0 Å². The molecule has 1 heterocycles. The number of aliphatic imine (C=N–C) groups is 1. The monoisotopic (exact) mass is 453 g/mol. The highest BCUT2D eigenvalue weighted by Gasteiger charge is 2.34. The van der Waals surface area contributed by atoms with Crippen molar-refractivity contribution in [3.05, 3.63) is 0 Å². The molecule has 6 heteroatoms. The van der Waals surface area contributed by atoms with Crippen LogP contribution in [0.2, 0.25) is 0 Å². The maximum atomic E-state index is 5.90. The molecule has 0 aromatic rings. The lowest BCUT2D eigenvalue weighted by Gasteiger charge is -2.40. The second-order valence-electron chi connectivity index (χ2n) is 6.87. The summed E-state index contributed by atoms with van der Waals surface area (Å²) in [6.45, 7) is 9.69. The molecule has 0 unspecified atom stereocenters. The zero-order valence-corrected chi connectivity index (χ0v) is 17.8. The lowest BCUT2D eigenvalue weighted by atomic mass is 9.67. The lowest BCUT2D eigenvalue weighted by Crippen LogP contribution is -2.40. The van der Waals surface area contributed by atoms with Gasteiger partial charge in [0.2, 0.25) is 0 Å². The lowest BCUT2D eigenvalue weighted by molar-refractivity contribution is -0.0320. The number of hydrogen-bond donors (Lipinski definition) is 2. The van der Waals surface area contributed by atoms with E-state index in [-0.39, 0.29) is 24.0 Å². The van der Waals surface area contributed by atoms with Crippen molar-refractivity contribution in [2.45, 2.75) is 64.9 Å². The molecule has 24 heavy (non-hydrogen) atoms. The fraction of sp³-hybridized carbons (Fsp3) is 0.944. The number of nitrogens with zero attached hydrogens (tertiary/aromatic N) is 1. The van der Waals surface area contributed by atoms with Crippen molar-refractivity contribution in [2.75, 3.05) is 39.5 Å². The first-order valence-corrected chi connectivity index (χ1v) is 9.49. The van der Waals surface area contributed by atoms with Gasteiger partial charge in [0.15, 0.2) is 5.96 Å². The van der Waals surface area contributed by atoms with Crippen LogP contribution in [-0.2, 0) is 9.47 Å². The molecule has 0 bridgehead atoms. The van der Waals surface area contributed by atoms with E-state index in [1.165, 1.54) is 25.7 Å². The third-order valence-corrected chi connectivity index (χ3v) is 5.22. The Balaban J connectivity index is 0.00000288. The Kier molecular flexibility index (Phi) is 11.3. The zero-order chi connectivity index (χ0) is 16.4. The molecule has 2 aliphatic rings. The SMILES string of the molecule is CCNC(=NCC1(CC)CCC1)NCCCOC1CCOCC1.I. The summed E-state index contributed by atoms with van der Waals surface area (Å²) in [6.07, 6.45) is 8.78. The van der Waals surface area contributed by atoms with Gasteiger partial charge in [-0.25, -0.2) is 0 Å². The van der Waals surface area contributed by atoms with Gasteiger partial charge in [0.05, 0.1) is 6.10 Å². The Morgan fingerprint density at radius 1 is 1.21 bits per heavy atom. The van der Waals surface area contributed by atoms with E-state index >= 15 is 0 Å². The summed E-state index contributed by atoms with van der Waals surface area (Å²) in [7, 11) is 0. The maximum Gasteiger partial charge on any atom is 0.191 e. The predicted molar refractivity (Wildman–Crippen MR) is 110 cm³/mol. The number of halogens is 1. The summed E-state index contributed by atoms with van der Waals surface area (Å²) in [5.74, 6) is 0.957. The third kappa shape index (κ3) is 7.44. The highest BCUT2D eigenvalue weighted by atomic mass is 127. The number of rotatable bonds is 9. The van der Waals surface area contributed by atoms with E-state index in [0.29, 0.717) is 11.5 Å². The van der Waals surface area contributed by atoms with Crippen LogP contribution in [0.1, 0.15) is 58.8 Å². The van der Waals surface area contributed by atoms with Gasteiger partial charge in [0.1, 0.15) is 0 Å². The van der Waals surface area contributed by atoms with Gasteiger partial charge < -0.3 is 20.1 Å². The Labute approximate surface area is 164 Å². The minimum atomic E-state index is 0. The highest BCUT2D eigenvalue weighted by Crippen LogP contribution is 2.43. The Hall–Kier alpha value is -0.0800.